The highest BCUT2D eigenvalue weighted by molar-refractivity contribution is 6.04. The molecule has 19 heavy (non-hydrogen) atoms. The first-order valence-electron chi connectivity index (χ1n) is 6.35. The molecule has 0 fully saturated rings. The third-order valence-electron chi connectivity index (χ3n) is 2.92. The summed E-state index contributed by atoms with van der Waals surface area (Å²) in [4.78, 5) is 14.1. The van der Waals surface area contributed by atoms with Crippen LogP contribution >= 0.6 is 0 Å². The van der Waals surface area contributed by atoms with E-state index in [4.69, 9.17) is 10.2 Å². The Bertz CT molecular complexity index is 546. The number of anilines is 1. The van der Waals surface area contributed by atoms with E-state index in [1.165, 1.54) is 0 Å². The summed E-state index contributed by atoms with van der Waals surface area (Å²) in [7, 11) is 0. The summed E-state index contributed by atoms with van der Waals surface area (Å²) in [6.07, 6.45) is 0. The molecule has 1 aromatic heterocycles. The molecule has 1 aromatic carbocycles. The lowest BCUT2D eigenvalue weighted by molar-refractivity contribution is 0.0959. The van der Waals surface area contributed by atoms with Gasteiger partial charge < -0.3 is 15.1 Å². The van der Waals surface area contributed by atoms with Crippen molar-refractivity contribution in [3.05, 3.63) is 54.0 Å². The van der Waals surface area contributed by atoms with Crippen LogP contribution in [0.3, 0.4) is 0 Å². The zero-order valence-electron chi connectivity index (χ0n) is 11.2. The van der Waals surface area contributed by atoms with Crippen molar-refractivity contribution >= 4 is 11.6 Å². The lowest BCUT2D eigenvalue weighted by Gasteiger charge is -2.19. The first-order chi connectivity index (χ1) is 9.13. The lowest BCUT2D eigenvalue weighted by atomic mass is 10.2. The predicted octanol–water partition coefficient (Wildman–Crippen LogP) is 2.97. The fourth-order valence-electron chi connectivity index (χ4n) is 1.90. The molecule has 4 heteroatoms. The number of carbonyl (C=O) groups excluding carboxylic acids is 1. The summed E-state index contributed by atoms with van der Waals surface area (Å²) in [5, 5.41) is 0. The molecular formula is C15H18N2O2. The third kappa shape index (κ3) is 2.85. The highest BCUT2D eigenvalue weighted by atomic mass is 16.4. The molecule has 1 unspecified atom stereocenters. The van der Waals surface area contributed by atoms with Gasteiger partial charge in [0.25, 0.3) is 5.91 Å². The molecule has 2 rings (SSSR count). The minimum atomic E-state index is -0.214. The van der Waals surface area contributed by atoms with Crippen LogP contribution in [-0.4, -0.2) is 12.5 Å². The van der Waals surface area contributed by atoms with E-state index < -0.39 is 0 Å². The summed E-state index contributed by atoms with van der Waals surface area (Å²) in [5.74, 6) is 0.783. The molecule has 4 nitrogen and oxygen atoms in total. The van der Waals surface area contributed by atoms with Crippen molar-refractivity contribution < 1.29 is 9.21 Å². The number of carbonyl (C=O) groups is 1. The second kappa shape index (κ2) is 5.71. The summed E-state index contributed by atoms with van der Waals surface area (Å²) >= 11 is 0. The van der Waals surface area contributed by atoms with Crippen molar-refractivity contribution in [3.63, 3.8) is 0 Å². The van der Waals surface area contributed by atoms with E-state index in [-0.39, 0.29) is 11.9 Å². The highest BCUT2D eigenvalue weighted by Gasteiger charge is 2.20. The summed E-state index contributed by atoms with van der Waals surface area (Å²) in [6.45, 7) is 4.33. The molecule has 1 amide bonds. The molecule has 0 aliphatic rings. The number of benzene rings is 1. The number of nitrogens with two attached hydrogens (primary N) is 1. The van der Waals surface area contributed by atoms with Crippen molar-refractivity contribution in [2.24, 2.45) is 5.73 Å². The number of amides is 1. The maximum Gasteiger partial charge on any atom is 0.293 e. The Morgan fingerprint density at radius 1 is 1.26 bits per heavy atom. The summed E-state index contributed by atoms with van der Waals surface area (Å²) < 4.78 is 5.49. The fraction of sp³-hybridized carbons (Fsp3) is 0.267. The van der Waals surface area contributed by atoms with Gasteiger partial charge in [-0.2, -0.15) is 0 Å². The molecule has 0 saturated heterocycles. The van der Waals surface area contributed by atoms with E-state index >= 15 is 0 Å². The first-order valence-corrected chi connectivity index (χ1v) is 6.35. The van der Waals surface area contributed by atoms with Gasteiger partial charge in [-0.3, -0.25) is 4.79 Å². The van der Waals surface area contributed by atoms with Crippen LogP contribution in [0, 0.1) is 0 Å². The Morgan fingerprint density at radius 3 is 2.47 bits per heavy atom. The molecule has 0 aliphatic carbocycles. The van der Waals surface area contributed by atoms with Crippen molar-refractivity contribution in [1.82, 2.24) is 0 Å². The Balaban J connectivity index is 2.26. The normalized spacial score (nSPS) is 12.2. The standard InChI is InChI=1S/C15H18N2O2/c1-3-17(12-7-5-4-6-8-12)15(18)14-10-9-13(19-14)11(2)16/h4-11H,3,16H2,1-2H3. The second-order valence-electron chi connectivity index (χ2n) is 4.38. The van der Waals surface area contributed by atoms with Crippen LogP contribution in [0.4, 0.5) is 5.69 Å². The molecule has 100 valence electrons. The van der Waals surface area contributed by atoms with Gasteiger partial charge in [0.2, 0.25) is 0 Å². The monoisotopic (exact) mass is 258 g/mol. The maximum absolute atomic E-state index is 12.4. The molecule has 2 N–H and O–H groups in total. The van der Waals surface area contributed by atoms with Crippen LogP contribution < -0.4 is 10.6 Å². The largest absolute Gasteiger partial charge is 0.454 e. The molecule has 1 heterocycles. The quantitative estimate of drug-likeness (QED) is 0.917. The minimum Gasteiger partial charge on any atom is -0.454 e. The van der Waals surface area contributed by atoms with Crippen LogP contribution in [0.2, 0.25) is 0 Å². The maximum atomic E-state index is 12.4. The molecule has 0 spiro atoms. The van der Waals surface area contributed by atoms with Gasteiger partial charge in [0.1, 0.15) is 5.76 Å². The third-order valence-corrected chi connectivity index (χ3v) is 2.92. The number of hydrogen-bond acceptors (Lipinski definition) is 3. The second-order valence-corrected chi connectivity index (χ2v) is 4.38. The van der Waals surface area contributed by atoms with E-state index in [9.17, 15) is 4.79 Å². The minimum absolute atomic E-state index is 0.152. The Labute approximate surface area is 112 Å². The van der Waals surface area contributed by atoms with Gasteiger partial charge in [0, 0.05) is 12.2 Å². The van der Waals surface area contributed by atoms with Crippen molar-refractivity contribution in [2.45, 2.75) is 19.9 Å². The van der Waals surface area contributed by atoms with E-state index in [2.05, 4.69) is 0 Å². The zero-order valence-corrected chi connectivity index (χ0v) is 11.2. The Hall–Kier alpha value is -2.07. The van der Waals surface area contributed by atoms with E-state index in [0.717, 1.165) is 5.69 Å². The SMILES string of the molecule is CCN(C(=O)c1ccc(C(C)N)o1)c1ccccc1. The average Bonchev–Trinajstić information content (AvgIpc) is 2.90. The Morgan fingerprint density at radius 2 is 1.95 bits per heavy atom. The smallest absolute Gasteiger partial charge is 0.293 e. The number of hydrogen-bond donors (Lipinski definition) is 1. The van der Waals surface area contributed by atoms with Crippen LogP contribution in [-0.2, 0) is 0 Å². The van der Waals surface area contributed by atoms with Gasteiger partial charge in [-0.15, -0.1) is 0 Å². The average molecular weight is 258 g/mol. The molecule has 0 bridgehead atoms. The molecular weight excluding hydrogens is 240 g/mol. The zero-order chi connectivity index (χ0) is 13.8. The molecule has 0 saturated carbocycles. The van der Waals surface area contributed by atoms with E-state index in [1.807, 2.05) is 44.2 Å². The molecule has 1 atom stereocenters. The van der Waals surface area contributed by atoms with Gasteiger partial charge in [-0.25, -0.2) is 0 Å². The van der Waals surface area contributed by atoms with Gasteiger partial charge in [0.15, 0.2) is 5.76 Å². The van der Waals surface area contributed by atoms with Crippen LogP contribution in [0.1, 0.15) is 36.2 Å². The van der Waals surface area contributed by atoms with Gasteiger partial charge in [-0.1, -0.05) is 18.2 Å². The number of para-hydroxylation sites is 1. The van der Waals surface area contributed by atoms with E-state index in [0.29, 0.717) is 18.1 Å². The van der Waals surface area contributed by atoms with Crippen molar-refractivity contribution in [2.75, 3.05) is 11.4 Å². The molecule has 0 aliphatic heterocycles. The number of rotatable bonds is 4. The predicted molar refractivity (Wildman–Crippen MR) is 75.1 cm³/mol. The molecule has 2 aromatic rings. The van der Waals surface area contributed by atoms with Crippen LogP contribution in [0.25, 0.3) is 0 Å². The highest BCUT2D eigenvalue weighted by Crippen LogP contribution is 2.19. The lowest BCUT2D eigenvalue weighted by Crippen LogP contribution is -2.30. The number of nitrogens with zero attached hydrogens (tertiary/aromatic N) is 1. The van der Waals surface area contributed by atoms with Crippen molar-refractivity contribution in [1.29, 1.82) is 0 Å². The van der Waals surface area contributed by atoms with Gasteiger partial charge in [-0.05, 0) is 38.1 Å². The summed E-state index contributed by atoms with van der Waals surface area (Å²) in [5.41, 5.74) is 6.58. The fourth-order valence-corrected chi connectivity index (χ4v) is 1.90. The van der Waals surface area contributed by atoms with Crippen molar-refractivity contribution in [3.8, 4) is 0 Å². The summed E-state index contributed by atoms with van der Waals surface area (Å²) in [6, 6.07) is 12.7. The first kappa shape index (κ1) is 13.4. The van der Waals surface area contributed by atoms with Gasteiger partial charge >= 0.3 is 0 Å². The van der Waals surface area contributed by atoms with Crippen LogP contribution in [0.5, 0.6) is 0 Å². The number of furan rings is 1. The van der Waals surface area contributed by atoms with Gasteiger partial charge in [0.05, 0.1) is 6.04 Å². The topological polar surface area (TPSA) is 59.5 Å². The van der Waals surface area contributed by atoms with Crippen LogP contribution in [0.15, 0.2) is 46.9 Å². The Kier molecular flexibility index (Phi) is 4.02. The van der Waals surface area contributed by atoms with E-state index in [1.54, 1.807) is 17.0 Å². The molecule has 0 radical (unpaired) electrons.